The molecule has 2 aromatic carbocycles. The maximum atomic E-state index is 12.4. The van der Waals surface area contributed by atoms with Crippen LogP contribution in [0.5, 0.6) is 5.75 Å². The van der Waals surface area contributed by atoms with Gasteiger partial charge in [0, 0.05) is 30.7 Å². The molecule has 1 aliphatic heterocycles. The Balaban J connectivity index is 1.50. The minimum absolute atomic E-state index is 0.00806. The third kappa shape index (κ3) is 5.80. The van der Waals surface area contributed by atoms with E-state index >= 15 is 0 Å². The van der Waals surface area contributed by atoms with E-state index in [-0.39, 0.29) is 24.5 Å². The van der Waals surface area contributed by atoms with E-state index in [9.17, 15) is 9.59 Å². The minimum atomic E-state index is -0.235. The molecule has 0 bridgehead atoms. The number of benzene rings is 2. The van der Waals surface area contributed by atoms with Crippen molar-refractivity contribution < 1.29 is 23.8 Å². The molecule has 1 atom stereocenters. The SMILES string of the molecule is COCC(=O)Nc1ccc(NC(=O)c2ccc(OCC3CCCO3)cc2)cc1. The van der Waals surface area contributed by atoms with Crippen LogP contribution in [0, 0.1) is 0 Å². The summed E-state index contributed by atoms with van der Waals surface area (Å²) in [7, 11) is 1.46. The second-order valence-corrected chi connectivity index (χ2v) is 6.48. The monoisotopic (exact) mass is 384 g/mol. The molecule has 0 spiro atoms. The molecule has 3 rings (SSSR count). The molecule has 0 radical (unpaired) electrons. The molecule has 2 aromatic rings. The first-order valence-corrected chi connectivity index (χ1v) is 9.19. The second-order valence-electron chi connectivity index (χ2n) is 6.48. The summed E-state index contributed by atoms with van der Waals surface area (Å²) < 4.78 is 16.0. The van der Waals surface area contributed by atoms with Crippen LogP contribution in [0.25, 0.3) is 0 Å². The van der Waals surface area contributed by atoms with E-state index in [4.69, 9.17) is 14.2 Å². The fourth-order valence-electron chi connectivity index (χ4n) is 2.84. The maximum Gasteiger partial charge on any atom is 0.255 e. The zero-order valence-corrected chi connectivity index (χ0v) is 15.8. The molecule has 7 nitrogen and oxygen atoms in total. The predicted molar refractivity (Wildman–Crippen MR) is 106 cm³/mol. The Morgan fingerprint density at radius 1 is 1.04 bits per heavy atom. The van der Waals surface area contributed by atoms with Gasteiger partial charge in [-0.25, -0.2) is 0 Å². The predicted octanol–water partition coefficient (Wildman–Crippen LogP) is 3.08. The molecule has 1 saturated heterocycles. The number of carbonyl (C=O) groups excluding carboxylic acids is 2. The Morgan fingerprint density at radius 2 is 1.71 bits per heavy atom. The molecule has 2 amide bonds. The molecule has 1 heterocycles. The first-order valence-electron chi connectivity index (χ1n) is 9.19. The highest BCUT2D eigenvalue weighted by Gasteiger charge is 2.16. The van der Waals surface area contributed by atoms with Gasteiger partial charge in [-0.1, -0.05) is 0 Å². The van der Waals surface area contributed by atoms with Crippen molar-refractivity contribution in [2.45, 2.75) is 18.9 Å². The van der Waals surface area contributed by atoms with Crippen LogP contribution < -0.4 is 15.4 Å². The third-order valence-corrected chi connectivity index (χ3v) is 4.28. The zero-order chi connectivity index (χ0) is 19.8. The number of rotatable bonds is 8. The summed E-state index contributed by atoms with van der Waals surface area (Å²) in [5.41, 5.74) is 1.79. The van der Waals surface area contributed by atoms with Crippen LogP contribution in [0.3, 0.4) is 0 Å². The van der Waals surface area contributed by atoms with Gasteiger partial charge in [0.1, 0.15) is 19.0 Å². The molecule has 1 unspecified atom stereocenters. The zero-order valence-electron chi connectivity index (χ0n) is 15.8. The smallest absolute Gasteiger partial charge is 0.255 e. The number of hydrogen-bond acceptors (Lipinski definition) is 5. The summed E-state index contributed by atoms with van der Waals surface area (Å²) in [5.74, 6) is 0.256. The van der Waals surface area contributed by atoms with Crippen molar-refractivity contribution in [2.24, 2.45) is 0 Å². The number of amides is 2. The van der Waals surface area contributed by atoms with Gasteiger partial charge in [0.2, 0.25) is 5.91 Å². The summed E-state index contributed by atoms with van der Waals surface area (Å²) in [6.07, 6.45) is 2.26. The highest BCUT2D eigenvalue weighted by Crippen LogP contribution is 2.18. The lowest BCUT2D eigenvalue weighted by atomic mass is 10.2. The summed E-state index contributed by atoms with van der Waals surface area (Å²) in [5, 5.41) is 5.52. The fourth-order valence-corrected chi connectivity index (χ4v) is 2.84. The number of carbonyl (C=O) groups is 2. The van der Waals surface area contributed by atoms with Gasteiger partial charge in [0.25, 0.3) is 5.91 Å². The van der Waals surface area contributed by atoms with Crippen molar-refractivity contribution in [3.63, 3.8) is 0 Å². The highest BCUT2D eigenvalue weighted by molar-refractivity contribution is 6.04. The van der Waals surface area contributed by atoms with Crippen LogP contribution in [0.2, 0.25) is 0 Å². The van der Waals surface area contributed by atoms with Crippen molar-refractivity contribution >= 4 is 23.2 Å². The van der Waals surface area contributed by atoms with E-state index < -0.39 is 0 Å². The summed E-state index contributed by atoms with van der Waals surface area (Å²) in [6, 6.07) is 13.9. The molecule has 1 aliphatic rings. The molecule has 7 heteroatoms. The lowest BCUT2D eigenvalue weighted by Crippen LogP contribution is -2.17. The van der Waals surface area contributed by atoms with Gasteiger partial charge in [-0.05, 0) is 61.4 Å². The molecule has 148 valence electrons. The van der Waals surface area contributed by atoms with Gasteiger partial charge < -0.3 is 24.8 Å². The van der Waals surface area contributed by atoms with Gasteiger partial charge in [-0.2, -0.15) is 0 Å². The van der Waals surface area contributed by atoms with Gasteiger partial charge in [0.05, 0.1) is 6.10 Å². The second kappa shape index (κ2) is 9.87. The fraction of sp³-hybridized carbons (Fsp3) is 0.333. The lowest BCUT2D eigenvalue weighted by molar-refractivity contribution is -0.119. The molecule has 0 aromatic heterocycles. The standard InChI is InChI=1S/C21H24N2O5/c1-26-14-20(24)22-16-6-8-17(9-7-16)23-21(25)15-4-10-18(11-5-15)28-13-19-3-2-12-27-19/h4-11,19H,2-3,12-14H2,1H3,(H,22,24)(H,23,25). The van der Waals surface area contributed by atoms with Crippen LogP contribution >= 0.6 is 0 Å². The summed E-state index contributed by atoms with van der Waals surface area (Å²) in [6.45, 7) is 1.32. The number of methoxy groups -OCH3 is 1. The molecule has 0 aliphatic carbocycles. The van der Waals surface area contributed by atoms with Gasteiger partial charge in [0.15, 0.2) is 0 Å². The van der Waals surface area contributed by atoms with Crippen molar-refractivity contribution in [3.8, 4) is 5.75 Å². The topological polar surface area (TPSA) is 85.9 Å². The molecular formula is C21H24N2O5. The largest absolute Gasteiger partial charge is 0.491 e. The van der Waals surface area contributed by atoms with Crippen LogP contribution in [0.15, 0.2) is 48.5 Å². The van der Waals surface area contributed by atoms with Crippen molar-refractivity contribution in [3.05, 3.63) is 54.1 Å². The Labute approximate surface area is 164 Å². The van der Waals surface area contributed by atoms with E-state index in [1.807, 2.05) is 0 Å². The number of ether oxygens (including phenoxy) is 3. The highest BCUT2D eigenvalue weighted by atomic mass is 16.5. The van der Waals surface area contributed by atoms with Gasteiger partial charge in [-0.15, -0.1) is 0 Å². The minimum Gasteiger partial charge on any atom is -0.491 e. The van der Waals surface area contributed by atoms with E-state index in [1.54, 1.807) is 48.5 Å². The third-order valence-electron chi connectivity index (χ3n) is 4.28. The first-order chi connectivity index (χ1) is 13.6. The number of nitrogens with one attached hydrogen (secondary N) is 2. The van der Waals surface area contributed by atoms with E-state index in [0.717, 1.165) is 19.4 Å². The Morgan fingerprint density at radius 3 is 2.32 bits per heavy atom. The van der Waals surface area contributed by atoms with Gasteiger partial charge >= 0.3 is 0 Å². The quantitative estimate of drug-likeness (QED) is 0.731. The number of anilines is 2. The van der Waals surface area contributed by atoms with Crippen molar-refractivity contribution in [2.75, 3.05) is 37.6 Å². The summed E-state index contributed by atoms with van der Waals surface area (Å²) >= 11 is 0. The average Bonchev–Trinajstić information content (AvgIpc) is 3.22. The van der Waals surface area contributed by atoms with E-state index in [1.165, 1.54) is 7.11 Å². The van der Waals surface area contributed by atoms with Crippen molar-refractivity contribution in [1.82, 2.24) is 0 Å². The molecule has 2 N–H and O–H groups in total. The normalized spacial score (nSPS) is 15.8. The number of hydrogen-bond donors (Lipinski definition) is 2. The maximum absolute atomic E-state index is 12.4. The Kier molecular flexibility index (Phi) is 7.00. The van der Waals surface area contributed by atoms with E-state index in [0.29, 0.717) is 29.3 Å². The van der Waals surface area contributed by atoms with Gasteiger partial charge in [-0.3, -0.25) is 9.59 Å². The molecular weight excluding hydrogens is 360 g/mol. The van der Waals surface area contributed by atoms with Crippen LogP contribution in [0.4, 0.5) is 11.4 Å². The molecule has 0 saturated carbocycles. The van der Waals surface area contributed by atoms with Crippen LogP contribution in [-0.4, -0.2) is 44.8 Å². The van der Waals surface area contributed by atoms with Crippen LogP contribution in [0.1, 0.15) is 23.2 Å². The van der Waals surface area contributed by atoms with E-state index in [2.05, 4.69) is 10.6 Å². The summed E-state index contributed by atoms with van der Waals surface area (Å²) in [4.78, 5) is 23.9. The van der Waals surface area contributed by atoms with Crippen molar-refractivity contribution in [1.29, 1.82) is 0 Å². The molecule has 28 heavy (non-hydrogen) atoms. The molecule has 1 fully saturated rings. The first kappa shape index (κ1) is 19.9. The average molecular weight is 384 g/mol. The Hall–Kier alpha value is -2.90. The lowest BCUT2D eigenvalue weighted by Gasteiger charge is -2.12. The van der Waals surface area contributed by atoms with Crippen LogP contribution in [-0.2, 0) is 14.3 Å². The Bertz CT molecular complexity index is 783.